The van der Waals surface area contributed by atoms with E-state index in [1.165, 1.54) is 11.8 Å². The summed E-state index contributed by atoms with van der Waals surface area (Å²) in [7, 11) is 0. The summed E-state index contributed by atoms with van der Waals surface area (Å²) in [5.41, 5.74) is 6.43. The van der Waals surface area contributed by atoms with Crippen molar-refractivity contribution in [2.45, 2.75) is 30.4 Å². The van der Waals surface area contributed by atoms with Gasteiger partial charge < -0.3 is 10.8 Å². The van der Waals surface area contributed by atoms with E-state index in [4.69, 9.17) is 22.4 Å². The first kappa shape index (κ1) is 14.3. The van der Waals surface area contributed by atoms with Crippen LogP contribution < -0.4 is 5.73 Å². The third-order valence-electron chi connectivity index (χ3n) is 2.38. The number of rotatable bonds is 5. The summed E-state index contributed by atoms with van der Waals surface area (Å²) in [5.74, 6) is -0.421. The van der Waals surface area contributed by atoms with Crippen LogP contribution in [0.4, 0.5) is 0 Å². The predicted octanol–water partition coefficient (Wildman–Crippen LogP) is 2.16. The molecule has 0 spiro atoms. The number of pyridine rings is 1. The maximum absolute atomic E-state index is 10.8. The summed E-state index contributed by atoms with van der Waals surface area (Å²) in [6.45, 7) is 3.61. The molecule has 0 bridgehead atoms. The lowest BCUT2D eigenvalue weighted by molar-refractivity contribution is -0.139. The molecule has 0 aliphatic rings. The molecule has 4 nitrogen and oxygen atoms in total. The van der Waals surface area contributed by atoms with Gasteiger partial charge >= 0.3 is 5.97 Å². The van der Waals surface area contributed by atoms with Crippen molar-refractivity contribution >= 4 is 29.3 Å². The van der Waals surface area contributed by atoms with Gasteiger partial charge in [-0.2, -0.15) is 0 Å². The second-order valence-electron chi connectivity index (χ2n) is 4.16. The first-order valence-electron chi connectivity index (χ1n) is 5.06. The monoisotopic (exact) mass is 274 g/mol. The fourth-order valence-corrected chi connectivity index (χ4v) is 2.32. The van der Waals surface area contributed by atoms with E-state index in [1.807, 2.05) is 12.1 Å². The summed E-state index contributed by atoms with van der Waals surface area (Å²) < 4.78 is -0.560. The van der Waals surface area contributed by atoms with E-state index in [-0.39, 0.29) is 0 Å². The lowest BCUT2D eigenvalue weighted by Crippen LogP contribution is -2.46. The van der Waals surface area contributed by atoms with Gasteiger partial charge in [-0.1, -0.05) is 17.7 Å². The molecule has 6 heteroatoms. The maximum atomic E-state index is 10.8. The van der Waals surface area contributed by atoms with Gasteiger partial charge in [0.05, 0.1) is 5.69 Å². The zero-order chi connectivity index (χ0) is 13.1. The molecule has 1 rings (SSSR count). The molecule has 1 atom stereocenters. The number of hydrogen-bond acceptors (Lipinski definition) is 4. The largest absolute Gasteiger partial charge is 0.480 e. The maximum Gasteiger partial charge on any atom is 0.321 e. The lowest BCUT2D eigenvalue weighted by atomic mass is 10.1. The third kappa shape index (κ3) is 4.18. The van der Waals surface area contributed by atoms with Gasteiger partial charge in [0, 0.05) is 10.5 Å². The van der Waals surface area contributed by atoms with Crippen molar-refractivity contribution in [3.05, 3.63) is 29.0 Å². The van der Waals surface area contributed by atoms with E-state index in [1.54, 1.807) is 19.9 Å². The molecule has 0 aliphatic carbocycles. The summed E-state index contributed by atoms with van der Waals surface area (Å²) in [6, 6.07) is 4.45. The van der Waals surface area contributed by atoms with Gasteiger partial charge in [-0.15, -0.1) is 11.8 Å². The second kappa shape index (κ2) is 5.71. The fraction of sp³-hybridized carbons (Fsp3) is 0.455. The number of carbonyl (C=O) groups is 1. The Morgan fingerprint density at radius 1 is 1.65 bits per heavy atom. The molecule has 3 N–H and O–H groups in total. The van der Waals surface area contributed by atoms with Crippen LogP contribution >= 0.6 is 23.4 Å². The number of carboxylic acid groups (broad SMARTS) is 1. The van der Waals surface area contributed by atoms with Gasteiger partial charge in [0.2, 0.25) is 0 Å². The highest BCUT2D eigenvalue weighted by atomic mass is 35.5. The zero-order valence-corrected chi connectivity index (χ0v) is 11.3. The molecular formula is C11H15ClN2O2S. The highest BCUT2D eigenvalue weighted by molar-refractivity contribution is 7.99. The van der Waals surface area contributed by atoms with Crippen molar-refractivity contribution < 1.29 is 9.90 Å². The highest BCUT2D eigenvalue weighted by Gasteiger charge is 2.32. The first-order chi connectivity index (χ1) is 7.83. The number of aromatic nitrogens is 1. The van der Waals surface area contributed by atoms with Gasteiger partial charge in [0.1, 0.15) is 11.2 Å². The van der Waals surface area contributed by atoms with E-state index in [0.29, 0.717) is 10.9 Å². The highest BCUT2D eigenvalue weighted by Crippen LogP contribution is 2.30. The van der Waals surface area contributed by atoms with Crippen LogP contribution in [0.25, 0.3) is 0 Å². The molecule has 1 aromatic rings. The third-order valence-corrected chi connectivity index (χ3v) is 4.03. The average Bonchev–Trinajstić information content (AvgIpc) is 2.25. The minimum Gasteiger partial charge on any atom is -0.480 e. The summed E-state index contributed by atoms with van der Waals surface area (Å²) in [4.78, 5) is 15.0. The van der Waals surface area contributed by atoms with Crippen molar-refractivity contribution in [2.24, 2.45) is 5.73 Å². The molecule has 1 aromatic heterocycles. The van der Waals surface area contributed by atoms with E-state index < -0.39 is 16.8 Å². The van der Waals surface area contributed by atoms with Crippen molar-refractivity contribution in [3.8, 4) is 0 Å². The van der Waals surface area contributed by atoms with Gasteiger partial charge in [-0.05, 0) is 26.0 Å². The number of nitrogens with zero attached hydrogens (tertiary/aromatic N) is 1. The van der Waals surface area contributed by atoms with E-state index in [2.05, 4.69) is 4.98 Å². The Morgan fingerprint density at radius 2 is 2.29 bits per heavy atom. The second-order valence-corrected chi connectivity index (χ2v) is 6.18. The van der Waals surface area contributed by atoms with Crippen molar-refractivity contribution in [3.63, 3.8) is 0 Å². The average molecular weight is 275 g/mol. The van der Waals surface area contributed by atoms with E-state index >= 15 is 0 Å². The number of nitrogens with two attached hydrogens (primary N) is 1. The van der Waals surface area contributed by atoms with Crippen LogP contribution in [0.15, 0.2) is 18.2 Å². The molecule has 0 unspecified atom stereocenters. The number of halogens is 1. The Morgan fingerprint density at radius 3 is 2.82 bits per heavy atom. The number of thioether (sulfide) groups is 1. The smallest absolute Gasteiger partial charge is 0.321 e. The van der Waals surface area contributed by atoms with Crippen molar-refractivity contribution in [1.29, 1.82) is 0 Å². The Bertz CT molecular complexity index is 412. The standard InChI is InChI=1S/C11H15ClN2O2S/c1-11(2,9(13)10(15)16)17-6-7-4-3-5-8(12)14-7/h3-5,9H,6,13H2,1-2H3,(H,15,16)/t9-/m0/s1. The van der Waals surface area contributed by atoms with E-state index in [9.17, 15) is 4.79 Å². The molecule has 1 heterocycles. The minimum absolute atomic E-state index is 0.434. The molecule has 0 amide bonds. The zero-order valence-electron chi connectivity index (χ0n) is 9.68. The SMILES string of the molecule is CC(C)(SCc1cccc(Cl)n1)[C@@H](N)C(=O)O. The van der Waals surface area contributed by atoms with Crippen LogP contribution in [-0.4, -0.2) is 26.8 Å². The first-order valence-corrected chi connectivity index (χ1v) is 6.43. The molecule has 0 radical (unpaired) electrons. The van der Waals surface area contributed by atoms with Crippen LogP contribution in [0, 0.1) is 0 Å². The molecule has 0 fully saturated rings. The van der Waals surface area contributed by atoms with Crippen molar-refractivity contribution in [1.82, 2.24) is 4.98 Å². The van der Waals surface area contributed by atoms with Crippen LogP contribution in [0.3, 0.4) is 0 Å². The topological polar surface area (TPSA) is 76.2 Å². The Balaban J connectivity index is 2.64. The summed E-state index contributed by atoms with van der Waals surface area (Å²) in [5, 5.41) is 9.32. The van der Waals surface area contributed by atoms with Gasteiger partial charge in [0.15, 0.2) is 0 Å². The van der Waals surface area contributed by atoms with Gasteiger partial charge in [0.25, 0.3) is 0 Å². The molecule has 0 saturated carbocycles. The predicted molar refractivity (Wildman–Crippen MR) is 70.2 cm³/mol. The van der Waals surface area contributed by atoms with Crippen LogP contribution in [0.5, 0.6) is 0 Å². The lowest BCUT2D eigenvalue weighted by Gasteiger charge is -2.27. The van der Waals surface area contributed by atoms with Crippen LogP contribution in [0.2, 0.25) is 5.15 Å². The molecule has 94 valence electrons. The number of aliphatic carboxylic acids is 1. The van der Waals surface area contributed by atoms with Crippen LogP contribution in [-0.2, 0) is 10.5 Å². The van der Waals surface area contributed by atoms with Crippen LogP contribution in [0.1, 0.15) is 19.5 Å². The molecule has 0 aromatic carbocycles. The Hall–Kier alpha value is -0.780. The fourth-order valence-electron chi connectivity index (χ4n) is 1.18. The molecule has 17 heavy (non-hydrogen) atoms. The van der Waals surface area contributed by atoms with Crippen molar-refractivity contribution in [2.75, 3.05) is 0 Å². The molecular weight excluding hydrogens is 260 g/mol. The van der Waals surface area contributed by atoms with E-state index in [0.717, 1.165) is 5.69 Å². The van der Waals surface area contributed by atoms with Gasteiger partial charge in [-0.3, -0.25) is 4.79 Å². The Labute approximate surface area is 110 Å². The minimum atomic E-state index is -0.999. The molecule has 0 saturated heterocycles. The number of carboxylic acids is 1. The van der Waals surface area contributed by atoms with Gasteiger partial charge in [-0.25, -0.2) is 4.98 Å². The number of hydrogen-bond donors (Lipinski definition) is 2. The quantitative estimate of drug-likeness (QED) is 0.805. The molecule has 0 aliphatic heterocycles. The normalized spacial score (nSPS) is 13.4. The summed E-state index contributed by atoms with van der Waals surface area (Å²) >= 11 is 7.22. The summed E-state index contributed by atoms with van der Waals surface area (Å²) in [6.07, 6.45) is 0. The Kier molecular flexibility index (Phi) is 4.80.